The Labute approximate surface area is 98.8 Å². The van der Waals surface area contributed by atoms with Crippen LogP contribution in [0.4, 0.5) is 0 Å². The van der Waals surface area contributed by atoms with Gasteiger partial charge in [0.15, 0.2) is 0 Å². The average molecular weight is 230 g/mol. The second-order valence-corrected chi connectivity index (χ2v) is 3.94. The van der Waals surface area contributed by atoms with Gasteiger partial charge in [0.2, 0.25) is 0 Å². The molecule has 4 heteroatoms. The Balaban J connectivity index is 2.48. The van der Waals surface area contributed by atoms with Crippen LogP contribution in [0.1, 0.15) is 11.1 Å². The van der Waals surface area contributed by atoms with Gasteiger partial charge >= 0.3 is 5.97 Å². The third kappa shape index (κ3) is 2.07. The van der Waals surface area contributed by atoms with Gasteiger partial charge in [-0.1, -0.05) is 24.8 Å². The zero-order valence-corrected chi connectivity index (χ0v) is 9.31. The minimum Gasteiger partial charge on any atom is -0.480 e. The van der Waals surface area contributed by atoms with Gasteiger partial charge in [-0.25, -0.2) is 0 Å². The molecule has 0 saturated carbocycles. The molecule has 2 rings (SSSR count). The number of aromatic amines is 1. The fourth-order valence-electron chi connectivity index (χ4n) is 1.94. The highest BCUT2D eigenvalue weighted by Crippen LogP contribution is 2.24. The molecule has 0 fully saturated rings. The molecule has 0 aliphatic heterocycles. The van der Waals surface area contributed by atoms with Crippen LogP contribution in [0.2, 0.25) is 0 Å². The quantitative estimate of drug-likeness (QED) is 0.748. The van der Waals surface area contributed by atoms with Crippen molar-refractivity contribution >= 4 is 22.9 Å². The molecule has 0 saturated heterocycles. The van der Waals surface area contributed by atoms with Crippen molar-refractivity contribution in [2.45, 2.75) is 12.5 Å². The lowest BCUT2D eigenvalue weighted by Crippen LogP contribution is -2.32. The summed E-state index contributed by atoms with van der Waals surface area (Å²) in [5.41, 5.74) is 8.41. The third-order valence-corrected chi connectivity index (χ3v) is 2.80. The van der Waals surface area contributed by atoms with Gasteiger partial charge in [0.05, 0.1) is 0 Å². The minimum atomic E-state index is -0.990. The molecule has 0 bridgehead atoms. The van der Waals surface area contributed by atoms with Crippen molar-refractivity contribution in [2.75, 3.05) is 0 Å². The molecule has 1 unspecified atom stereocenters. The van der Waals surface area contributed by atoms with Gasteiger partial charge in [0.25, 0.3) is 0 Å². The highest BCUT2D eigenvalue weighted by Gasteiger charge is 2.15. The second kappa shape index (κ2) is 4.43. The van der Waals surface area contributed by atoms with Gasteiger partial charge in [-0.15, -0.1) is 0 Å². The lowest BCUT2D eigenvalue weighted by molar-refractivity contribution is -0.138. The summed E-state index contributed by atoms with van der Waals surface area (Å²) in [6, 6.07) is 4.93. The highest BCUT2D eigenvalue weighted by atomic mass is 16.4. The Morgan fingerprint density at radius 3 is 3.00 bits per heavy atom. The first-order valence-corrected chi connectivity index (χ1v) is 5.33. The van der Waals surface area contributed by atoms with E-state index >= 15 is 0 Å². The van der Waals surface area contributed by atoms with Crippen molar-refractivity contribution < 1.29 is 9.90 Å². The number of nitrogens with two attached hydrogens (primary N) is 1. The summed E-state index contributed by atoms with van der Waals surface area (Å²) in [7, 11) is 0. The number of hydrogen-bond acceptors (Lipinski definition) is 2. The number of carboxylic acids is 1. The van der Waals surface area contributed by atoms with Crippen LogP contribution in [0.25, 0.3) is 17.0 Å². The molecule has 0 amide bonds. The van der Waals surface area contributed by atoms with Crippen molar-refractivity contribution in [3.05, 3.63) is 42.1 Å². The maximum absolute atomic E-state index is 10.8. The summed E-state index contributed by atoms with van der Waals surface area (Å²) in [6.07, 6.45) is 3.87. The Bertz CT molecular complexity index is 572. The topological polar surface area (TPSA) is 79.1 Å². The van der Waals surface area contributed by atoms with Crippen molar-refractivity contribution in [3.63, 3.8) is 0 Å². The number of rotatable bonds is 4. The van der Waals surface area contributed by atoms with Gasteiger partial charge in [-0.2, -0.15) is 0 Å². The first-order valence-electron chi connectivity index (χ1n) is 5.33. The molecular formula is C13H14N2O2. The zero-order chi connectivity index (χ0) is 12.4. The molecule has 17 heavy (non-hydrogen) atoms. The monoisotopic (exact) mass is 230 g/mol. The number of aliphatic carboxylic acids is 1. The normalized spacial score (nSPS) is 12.5. The minimum absolute atomic E-state index is 0.306. The summed E-state index contributed by atoms with van der Waals surface area (Å²) < 4.78 is 0. The predicted octanol–water partition coefficient (Wildman–Crippen LogP) is 1.77. The number of hydrogen-bond donors (Lipinski definition) is 3. The van der Waals surface area contributed by atoms with Crippen LogP contribution in [-0.2, 0) is 11.2 Å². The molecule has 88 valence electrons. The van der Waals surface area contributed by atoms with E-state index < -0.39 is 12.0 Å². The molecular weight excluding hydrogens is 216 g/mol. The van der Waals surface area contributed by atoms with E-state index in [0.717, 1.165) is 22.0 Å². The van der Waals surface area contributed by atoms with E-state index in [4.69, 9.17) is 10.8 Å². The van der Waals surface area contributed by atoms with E-state index in [1.807, 2.05) is 18.2 Å². The standard InChI is InChI=1S/C13H14N2O2/c1-2-8-4-3-5-11-12(8)9(7-15-11)6-10(14)13(16)17/h2-5,7,10,15H,1,6,14H2,(H,16,17). The molecule has 1 aromatic carbocycles. The second-order valence-electron chi connectivity index (χ2n) is 3.94. The largest absolute Gasteiger partial charge is 0.480 e. The van der Waals surface area contributed by atoms with E-state index in [2.05, 4.69) is 11.6 Å². The highest BCUT2D eigenvalue weighted by molar-refractivity contribution is 5.91. The number of nitrogens with one attached hydrogen (secondary N) is 1. The van der Waals surface area contributed by atoms with Crippen LogP contribution < -0.4 is 5.73 Å². The number of aromatic nitrogens is 1. The van der Waals surface area contributed by atoms with E-state index in [0.29, 0.717) is 6.42 Å². The summed E-state index contributed by atoms with van der Waals surface area (Å²) >= 11 is 0. The molecule has 2 aromatic rings. The predicted molar refractivity (Wildman–Crippen MR) is 67.7 cm³/mol. The number of H-pyrrole nitrogens is 1. The van der Waals surface area contributed by atoms with E-state index in [9.17, 15) is 4.79 Å². The molecule has 0 spiro atoms. The number of fused-ring (bicyclic) bond motifs is 1. The zero-order valence-electron chi connectivity index (χ0n) is 9.31. The van der Waals surface area contributed by atoms with Crippen molar-refractivity contribution in [3.8, 4) is 0 Å². The van der Waals surface area contributed by atoms with Crippen molar-refractivity contribution in [2.24, 2.45) is 5.73 Å². The molecule has 0 aliphatic carbocycles. The lowest BCUT2D eigenvalue weighted by Gasteiger charge is -2.06. The van der Waals surface area contributed by atoms with Crippen LogP contribution in [0.3, 0.4) is 0 Å². The fraction of sp³-hybridized carbons (Fsp3) is 0.154. The number of carboxylic acid groups (broad SMARTS) is 1. The number of carbonyl (C=O) groups is 1. The maximum atomic E-state index is 10.8. The van der Waals surface area contributed by atoms with E-state index in [1.54, 1.807) is 12.3 Å². The first-order chi connectivity index (χ1) is 8.13. The van der Waals surface area contributed by atoms with Gasteiger partial charge < -0.3 is 15.8 Å². The van der Waals surface area contributed by atoms with Crippen molar-refractivity contribution in [1.82, 2.24) is 4.98 Å². The molecule has 1 heterocycles. The first kappa shape index (κ1) is 11.4. The summed E-state index contributed by atoms with van der Waals surface area (Å²) in [4.78, 5) is 13.9. The molecule has 0 aliphatic rings. The smallest absolute Gasteiger partial charge is 0.320 e. The maximum Gasteiger partial charge on any atom is 0.320 e. The summed E-state index contributed by atoms with van der Waals surface area (Å²) in [5, 5.41) is 9.82. The lowest BCUT2D eigenvalue weighted by atomic mass is 10.0. The van der Waals surface area contributed by atoms with Crippen LogP contribution in [0.15, 0.2) is 31.0 Å². The number of benzene rings is 1. The van der Waals surface area contributed by atoms with E-state index in [1.165, 1.54) is 0 Å². The average Bonchev–Trinajstić information content (AvgIpc) is 2.72. The Kier molecular flexibility index (Phi) is 2.97. The van der Waals surface area contributed by atoms with Crippen molar-refractivity contribution in [1.29, 1.82) is 0 Å². The molecule has 1 atom stereocenters. The van der Waals surface area contributed by atoms with Crippen LogP contribution in [-0.4, -0.2) is 22.1 Å². The van der Waals surface area contributed by atoms with Gasteiger partial charge in [-0.05, 0) is 17.2 Å². The molecule has 1 aromatic heterocycles. The third-order valence-electron chi connectivity index (χ3n) is 2.80. The van der Waals surface area contributed by atoms with Gasteiger partial charge in [0.1, 0.15) is 6.04 Å². The Morgan fingerprint density at radius 1 is 1.59 bits per heavy atom. The van der Waals surface area contributed by atoms with Crippen LogP contribution in [0.5, 0.6) is 0 Å². The Morgan fingerprint density at radius 2 is 2.35 bits per heavy atom. The fourth-order valence-corrected chi connectivity index (χ4v) is 1.94. The Hall–Kier alpha value is -2.07. The SMILES string of the molecule is C=Cc1cccc2[nH]cc(CC(N)C(=O)O)c12. The molecule has 4 nitrogen and oxygen atoms in total. The molecule has 0 radical (unpaired) electrons. The summed E-state index contributed by atoms with van der Waals surface area (Å²) in [6.45, 7) is 3.75. The van der Waals surface area contributed by atoms with Crippen LogP contribution in [0, 0.1) is 0 Å². The summed E-state index contributed by atoms with van der Waals surface area (Å²) in [5.74, 6) is -0.990. The molecule has 4 N–H and O–H groups in total. The van der Waals surface area contributed by atoms with Crippen LogP contribution >= 0.6 is 0 Å². The van der Waals surface area contributed by atoms with Gasteiger partial charge in [0, 0.05) is 23.5 Å². The van der Waals surface area contributed by atoms with E-state index in [-0.39, 0.29) is 0 Å². The van der Waals surface area contributed by atoms with Gasteiger partial charge in [-0.3, -0.25) is 4.79 Å².